The Hall–Kier alpha value is -2.42. The molecule has 0 aliphatic carbocycles. The Kier molecular flexibility index (Phi) is 5.10. The van der Waals surface area contributed by atoms with E-state index in [1.165, 1.54) is 24.3 Å². The van der Waals surface area contributed by atoms with Crippen LogP contribution in [0.1, 0.15) is 5.56 Å². The molecule has 1 aliphatic heterocycles. The predicted octanol–water partition coefficient (Wildman–Crippen LogP) is 0.544. The van der Waals surface area contributed by atoms with Gasteiger partial charge in [0.15, 0.2) is 9.84 Å². The standard InChI is InChI=1S/C14H14N4O3S/c15-9-12-1-3-13(4-2-12)22(19,20)8-6-18-5-7-21-10-14(18)17-11-16/h1-4H,5-8,10H2. The van der Waals surface area contributed by atoms with Gasteiger partial charge in [-0.1, -0.05) is 0 Å². The molecule has 1 saturated heterocycles. The van der Waals surface area contributed by atoms with Crippen molar-refractivity contribution < 1.29 is 13.2 Å². The number of sulfone groups is 1. The average molecular weight is 318 g/mol. The van der Waals surface area contributed by atoms with Gasteiger partial charge in [0.25, 0.3) is 0 Å². The number of hydrogen-bond acceptors (Lipinski definition) is 6. The van der Waals surface area contributed by atoms with E-state index in [9.17, 15) is 8.42 Å². The summed E-state index contributed by atoms with van der Waals surface area (Å²) in [6.07, 6.45) is 1.70. The van der Waals surface area contributed by atoms with Gasteiger partial charge < -0.3 is 9.64 Å². The number of hydrogen-bond donors (Lipinski definition) is 0. The summed E-state index contributed by atoms with van der Waals surface area (Å²) in [6.45, 7) is 1.43. The third-order valence-electron chi connectivity index (χ3n) is 3.25. The van der Waals surface area contributed by atoms with E-state index in [-0.39, 0.29) is 23.8 Å². The van der Waals surface area contributed by atoms with E-state index in [0.29, 0.717) is 24.6 Å². The lowest BCUT2D eigenvalue weighted by atomic mass is 10.2. The highest BCUT2D eigenvalue weighted by Crippen LogP contribution is 2.13. The van der Waals surface area contributed by atoms with Crippen molar-refractivity contribution in [3.05, 3.63) is 29.8 Å². The number of rotatable bonds is 4. The molecule has 1 aromatic rings. The molecule has 1 heterocycles. The molecular formula is C14H14N4O3S. The van der Waals surface area contributed by atoms with Gasteiger partial charge in [-0.2, -0.15) is 15.5 Å². The van der Waals surface area contributed by atoms with Crippen LogP contribution in [0.3, 0.4) is 0 Å². The largest absolute Gasteiger partial charge is 0.372 e. The van der Waals surface area contributed by atoms with Gasteiger partial charge in [0.05, 0.1) is 28.9 Å². The van der Waals surface area contributed by atoms with Crippen molar-refractivity contribution in [1.82, 2.24) is 4.90 Å². The Balaban J connectivity index is 2.07. The molecule has 0 aromatic heterocycles. The third-order valence-corrected chi connectivity index (χ3v) is 4.96. The van der Waals surface area contributed by atoms with Crippen LogP contribution in [-0.2, 0) is 14.6 Å². The first-order chi connectivity index (χ1) is 10.6. The molecule has 1 aliphatic rings. The molecule has 7 nitrogen and oxygen atoms in total. The van der Waals surface area contributed by atoms with Crippen LogP contribution >= 0.6 is 0 Å². The van der Waals surface area contributed by atoms with Crippen LogP contribution in [-0.4, -0.2) is 51.2 Å². The summed E-state index contributed by atoms with van der Waals surface area (Å²) in [5.41, 5.74) is 0.413. The highest BCUT2D eigenvalue weighted by Gasteiger charge is 2.21. The van der Waals surface area contributed by atoms with Crippen LogP contribution in [0, 0.1) is 22.8 Å². The number of amidine groups is 1. The molecule has 1 aromatic carbocycles. The summed E-state index contributed by atoms with van der Waals surface area (Å²) < 4.78 is 29.8. The molecule has 114 valence electrons. The zero-order valence-electron chi connectivity index (χ0n) is 11.8. The molecule has 0 amide bonds. The predicted molar refractivity (Wildman–Crippen MR) is 78.6 cm³/mol. The molecule has 0 atom stereocenters. The van der Waals surface area contributed by atoms with Crippen molar-refractivity contribution in [2.45, 2.75) is 4.90 Å². The minimum Gasteiger partial charge on any atom is -0.372 e. The maximum absolute atomic E-state index is 12.3. The molecule has 2 rings (SSSR count). The number of nitriles is 2. The fourth-order valence-corrected chi connectivity index (χ4v) is 3.29. The van der Waals surface area contributed by atoms with E-state index in [1.54, 1.807) is 11.1 Å². The Bertz CT molecular complexity index is 742. The summed E-state index contributed by atoms with van der Waals surface area (Å²) in [6, 6.07) is 7.75. The van der Waals surface area contributed by atoms with Gasteiger partial charge in [-0.15, -0.1) is 0 Å². The summed E-state index contributed by atoms with van der Waals surface area (Å²) in [5, 5.41) is 17.4. The van der Waals surface area contributed by atoms with Crippen LogP contribution in [0.2, 0.25) is 0 Å². The lowest BCUT2D eigenvalue weighted by Crippen LogP contribution is -2.43. The van der Waals surface area contributed by atoms with Crippen molar-refractivity contribution in [2.24, 2.45) is 4.99 Å². The first-order valence-electron chi connectivity index (χ1n) is 6.58. The molecule has 22 heavy (non-hydrogen) atoms. The quantitative estimate of drug-likeness (QED) is 0.750. The van der Waals surface area contributed by atoms with Crippen LogP contribution in [0.15, 0.2) is 34.2 Å². The van der Waals surface area contributed by atoms with Crippen molar-refractivity contribution in [1.29, 1.82) is 10.5 Å². The highest BCUT2D eigenvalue weighted by atomic mass is 32.2. The van der Waals surface area contributed by atoms with Crippen molar-refractivity contribution in [3.63, 3.8) is 0 Å². The molecule has 0 spiro atoms. The zero-order chi connectivity index (χ0) is 16.0. The molecule has 1 fully saturated rings. The normalized spacial score (nSPS) is 17.0. The molecule has 0 saturated carbocycles. The first kappa shape index (κ1) is 16.0. The summed E-state index contributed by atoms with van der Waals surface area (Å²) in [5.74, 6) is 0.354. The second-order valence-electron chi connectivity index (χ2n) is 4.62. The summed E-state index contributed by atoms with van der Waals surface area (Å²) >= 11 is 0. The number of benzene rings is 1. The zero-order valence-corrected chi connectivity index (χ0v) is 12.6. The third kappa shape index (κ3) is 3.82. The summed E-state index contributed by atoms with van der Waals surface area (Å²) in [4.78, 5) is 5.58. The maximum atomic E-state index is 12.3. The molecule has 0 unspecified atom stereocenters. The van der Waals surface area contributed by atoms with E-state index in [0.717, 1.165) is 0 Å². The van der Waals surface area contributed by atoms with Crippen LogP contribution in [0.25, 0.3) is 0 Å². The average Bonchev–Trinajstić information content (AvgIpc) is 2.54. The van der Waals surface area contributed by atoms with E-state index < -0.39 is 9.84 Å². The first-order valence-corrected chi connectivity index (χ1v) is 8.23. The van der Waals surface area contributed by atoms with Gasteiger partial charge in [-0.3, -0.25) is 0 Å². The number of aliphatic imine (C=N–C) groups is 1. The SMILES string of the molecule is N#CN=C1COCCN1CCS(=O)(=O)c1ccc(C#N)cc1. The second-order valence-corrected chi connectivity index (χ2v) is 6.73. The smallest absolute Gasteiger partial charge is 0.207 e. The van der Waals surface area contributed by atoms with Crippen molar-refractivity contribution >= 4 is 15.7 Å². The maximum Gasteiger partial charge on any atom is 0.207 e. The van der Waals surface area contributed by atoms with Crippen molar-refractivity contribution in [2.75, 3.05) is 32.1 Å². The van der Waals surface area contributed by atoms with Gasteiger partial charge in [-0.25, -0.2) is 8.42 Å². The Morgan fingerprint density at radius 3 is 2.64 bits per heavy atom. The van der Waals surface area contributed by atoms with Gasteiger partial charge >= 0.3 is 0 Å². The number of ether oxygens (including phenoxy) is 1. The fourth-order valence-electron chi connectivity index (χ4n) is 2.05. The van der Waals surface area contributed by atoms with Crippen molar-refractivity contribution in [3.8, 4) is 12.3 Å². The molecule has 0 bridgehead atoms. The van der Waals surface area contributed by atoms with Gasteiger partial charge in [0.1, 0.15) is 12.4 Å². The number of morpholine rings is 1. The Morgan fingerprint density at radius 2 is 2.00 bits per heavy atom. The second kappa shape index (κ2) is 7.03. The minimum atomic E-state index is -3.45. The van der Waals surface area contributed by atoms with Crippen LogP contribution in [0.5, 0.6) is 0 Å². The highest BCUT2D eigenvalue weighted by molar-refractivity contribution is 7.91. The van der Waals surface area contributed by atoms with E-state index in [2.05, 4.69) is 4.99 Å². The lowest BCUT2D eigenvalue weighted by Gasteiger charge is -2.29. The monoisotopic (exact) mass is 318 g/mol. The molecule has 8 heteroatoms. The van der Waals surface area contributed by atoms with Crippen LogP contribution in [0.4, 0.5) is 0 Å². The Morgan fingerprint density at radius 1 is 1.27 bits per heavy atom. The fraction of sp³-hybridized carbons (Fsp3) is 0.357. The van der Waals surface area contributed by atoms with Gasteiger partial charge in [0.2, 0.25) is 6.19 Å². The molecule has 0 radical (unpaired) electrons. The Labute approximate surface area is 129 Å². The summed E-state index contributed by atoms with van der Waals surface area (Å²) in [7, 11) is -3.45. The number of nitrogens with zero attached hydrogens (tertiary/aromatic N) is 4. The lowest BCUT2D eigenvalue weighted by molar-refractivity contribution is 0.118. The molecule has 0 N–H and O–H groups in total. The molecular weight excluding hydrogens is 304 g/mol. The minimum absolute atomic E-state index is 0.0939. The van der Waals surface area contributed by atoms with E-state index in [1.807, 2.05) is 6.07 Å². The van der Waals surface area contributed by atoms with Crippen LogP contribution < -0.4 is 0 Å². The van der Waals surface area contributed by atoms with E-state index >= 15 is 0 Å². The van der Waals surface area contributed by atoms with Gasteiger partial charge in [-0.05, 0) is 24.3 Å². The van der Waals surface area contributed by atoms with Gasteiger partial charge in [0, 0.05) is 13.1 Å². The van der Waals surface area contributed by atoms with E-state index in [4.69, 9.17) is 15.3 Å². The topological polar surface area (TPSA) is 107 Å².